The van der Waals surface area contributed by atoms with E-state index in [2.05, 4.69) is 19.2 Å². The molecule has 0 unspecified atom stereocenters. The smallest absolute Gasteiger partial charge is 0.243 e. The highest BCUT2D eigenvalue weighted by Gasteiger charge is 2.39. The first-order valence-electron chi connectivity index (χ1n) is 9.35. The highest BCUT2D eigenvalue weighted by molar-refractivity contribution is 7.89. The summed E-state index contributed by atoms with van der Waals surface area (Å²) in [4.78, 5) is 12.8. The summed E-state index contributed by atoms with van der Waals surface area (Å²) in [5.74, 6) is 0.730. The number of sulfonamides is 1. The molecular weight excluding hydrogens is 364 g/mol. The zero-order chi connectivity index (χ0) is 19.4. The topological polar surface area (TPSA) is 79.6 Å². The zero-order valence-electron chi connectivity index (χ0n) is 15.7. The molecule has 1 N–H and O–H groups in total. The lowest BCUT2D eigenvalue weighted by Gasteiger charge is -2.23. The molecule has 0 aliphatic carbocycles. The molecule has 0 spiro atoms. The van der Waals surface area contributed by atoms with E-state index < -0.39 is 16.1 Å². The third-order valence-electron chi connectivity index (χ3n) is 5.19. The Morgan fingerprint density at radius 1 is 1.30 bits per heavy atom. The van der Waals surface area contributed by atoms with Gasteiger partial charge in [-0.1, -0.05) is 26.0 Å². The first-order chi connectivity index (χ1) is 12.9. The van der Waals surface area contributed by atoms with Crippen molar-refractivity contribution in [3.05, 3.63) is 54.0 Å². The van der Waals surface area contributed by atoms with E-state index in [-0.39, 0.29) is 17.3 Å². The standard InChI is InChI=1S/C20H26N2O4S/c1-3-15(2)16-8-10-18(11-9-16)27(24,25)22-12-4-7-19(22)20(23)21-14-17-6-5-13-26-17/h5-6,8-11,13,15,19H,3-4,7,12,14H2,1-2H3,(H,21,23)/t15-,19+/m0/s1. The van der Waals surface area contributed by atoms with Crippen LogP contribution in [0, 0.1) is 0 Å². The molecule has 0 saturated carbocycles. The Morgan fingerprint density at radius 3 is 2.67 bits per heavy atom. The van der Waals surface area contributed by atoms with Gasteiger partial charge in [-0.15, -0.1) is 0 Å². The van der Waals surface area contributed by atoms with Crippen LogP contribution < -0.4 is 5.32 Å². The Morgan fingerprint density at radius 2 is 2.04 bits per heavy atom. The molecule has 0 radical (unpaired) electrons. The molecule has 3 rings (SSSR count). The van der Waals surface area contributed by atoms with Crippen LogP contribution in [0.25, 0.3) is 0 Å². The van der Waals surface area contributed by atoms with E-state index in [0.29, 0.717) is 31.1 Å². The van der Waals surface area contributed by atoms with Crippen molar-refractivity contribution in [2.24, 2.45) is 0 Å². The number of nitrogens with zero attached hydrogens (tertiary/aromatic N) is 1. The van der Waals surface area contributed by atoms with Gasteiger partial charge in [0.15, 0.2) is 0 Å². The van der Waals surface area contributed by atoms with Crippen LogP contribution in [0.15, 0.2) is 52.0 Å². The highest BCUT2D eigenvalue weighted by atomic mass is 32.2. The van der Waals surface area contributed by atoms with Gasteiger partial charge in [0.05, 0.1) is 17.7 Å². The van der Waals surface area contributed by atoms with Gasteiger partial charge < -0.3 is 9.73 Å². The second-order valence-electron chi connectivity index (χ2n) is 6.95. The maximum atomic E-state index is 13.1. The van der Waals surface area contributed by atoms with Crippen molar-refractivity contribution in [2.45, 2.75) is 56.5 Å². The van der Waals surface area contributed by atoms with E-state index in [0.717, 1.165) is 12.0 Å². The molecule has 7 heteroatoms. The lowest BCUT2D eigenvalue weighted by Crippen LogP contribution is -2.45. The van der Waals surface area contributed by atoms with Gasteiger partial charge in [-0.05, 0) is 55.0 Å². The molecular formula is C20H26N2O4S. The average Bonchev–Trinajstić information content (AvgIpc) is 3.37. The van der Waals surface area contributed by atoms with Crippen LogP contribution in [0.4, 0.5) is 0 Å². The summed E-state index contributed by atoms with van der Waals surface area (Å²) in [6, 6.07) is 9.85. The third kappa shape index (κ3) is 4.25. The Labute approximate surface area is 160 Å². The summed E-state index contributed by atoms with van der Waals surface area (Å²) in [5, 5.41) is 2.77. The number of nitrogens with one attached hydrogen (secondary N) is 1. The van der Waals surface area contributed by atoms with Crippen LogP contribution >= 0.6 is 0 Å². The molecule has 1 aliphatic rings. The van der Waals surface area contributed by atoms with E-state index in [4.69, 9.17) is 4.42 Å². The molecule has 146 valence electrons. The Bertz CT molecular complexity index is 860. The van der Waals surface area contributed by atoms with Gasteiger partial charge in [-0.2, -0.15) is 4.31 Å². The van der Waals surface area contributed by atoms with Crippen LogP contribution in [0.2, 0.25) is 0 Å². The van der Waals surface area contributed by atoms with Crippen LogP contribution in [-0.4, -0.2) is 31.2 Å². The van der Waals surface area contributed by atoms with Crippen LogP contribution in [0.1, 0.15) is 50.4 Å². The van der Waals surface area contributed by atoms with Crippen LogP contribution in [-0.2, 0) is 21.4 Å². The lowest BCUT2D eigenvalue weighted by molar-refractivity contribution is -0.124. The number of furan rings is 1. The normalized spacial score (nSPS) is 19.1. The van der Waals surface area contributed by atoms with Crippen molar-refractivity contribution in [3.8, 4) is 0 Å². The molecule has 1 aromatic carbocycles. The summed E-state index contributed by atoms with van der Waals surface area (Å²) in [5.41, 5.74) is 1.12. The Kier molecular flexibility index (Phi) is 6.01. The van der Waals surface area contributed by atoms with Crippen molar-refractivity contribution in [1.29, 1.82) is 0 Å². The van der Waals surface area contributed by atoms with Crippen LogP contribution in [0.5, 0.6) is 0 Å². The fourth-order valence-electron chi connectivity index (χ4n) is 3.33. The Balaban J connectivity index is 1.73. The quantitative estimate of drug-likeness (QED) is 0.787. The minimum Gasteiger partial charge on any atom is -0.467 e. The van der Waals surface area contributed by atoms with Gasteiger partial charge in [0.1, 0.15) is 11.8 Å². The summed E-state index contributed by atoms with van der Waals surface area (Å²) in [6.45, 7) is 4.82. The third-order valence-corrected chi connectivity index (χ3v) is 7.11. The fourth-order valence-corrected chi connectivity index (χ4v) is 4.99. The lowest BCUT2D eigenvalue weighted by atomic mass is 9.99. The predicted molar refractivity (Wildman–Crippen MR) is 103 cm³/mol. The molecule has 1 aromatic heterocycles. The number of benzene rings is 1. The van der Waals surface area contributed by atoms with Gasteiger partial charge in [0.2, 0.25) is 15.9 Å². The summed E-state index contributed by atoms with van der Waals surface area (Å²) >= 11 is 0. The predicted octanol–water partition coefficient (Wildman–Crippen LogP) is 3.26. The van der Waals surface area contributed by atoms with Gasteiger partial charge in [0.25, 0.3) is 0 Å². The monoisotopic (exact) mass is 390 g/mol. The summed E-state index contributed by atoms with van der Waals surface area (Å²) in [6.07, 6.45) is 3.73. The summed E-state index contributed by atoms with van der Waals surface area (Å²) in [7, 11) is -3.71. The minimum atomic E-state index is -3.71. The fraction of sp³-hybridized carbons (Fsp3) is 0.450. The van der Waals surface area contributed by atoms with Crippen molar-refractivity contribution in [2.75, 3.05) is 6.54 Å². The molecule has 0 bridgehead atoms. The van der Waals surface area contributed by atoms with E-state index in [1.807, 2.05) is 12.1 Å². The van der Waals surface area contributed by atoms with E-state index in [9.17, 15) is 13.2 Å². The second-order valence-corrected chi connectivity index (χ2v) is 8.84. The van der Waals surface area contributed by atoms with E-state index in [1.165, 1.54) is 10.6 Å². The average molecular weight is 391 g/mol. The second kappa shape index (κ2) is 8.27. The van der Waals surface area contributed by atoms with Gasteiger partial charge >= 0.3 is 0 Å². The molecule has 1 amide bonds. The largest absolute Gasteiger partial charge is 0.467 e. The molecule has 2 aromatic rings. The zero-order valence-corrected chi connectivity index (χ0v) is 16.5. The van der Waals surface area contributed by atoms with Crippen molar-refractivity contribution in [3.63, 3.8) is 0 Å². The molecule has 1 fully saturated rings. The minimum absolute atomic E-state index is 0.236. The molecule has 6 nitrogen and oxygen atoms in total. The molecule has 1 aliphatic heterocycles. The first kappa shape index (κ1) is 19.6. The number of carbonyl (C=O) groups excluding carboxylic acids is 1. The van der Waals surface area contributed by atoms with E-state index >= 15 is 0 Å². The van der Waals surface area contributed by atoms with Gasteiger partial charge in [0, 0.05) is 6.54 Å². The molecule has 27 heavy (non-hydrogen) atoms. The number of hydrogen-bond acceptors (Lipinski definition) is 4. The number of rotatable bonds is 7. The van der Waals surface area contributed by atoms with Crippen molar-refractivity contribution < 1.29 is 17.6 Å². The van der Waals surface area contributed by atoms with Crippen LogP contribution in [0.3, 0.4) is 0 Å². The highest BCUT2D eigenvalue weighted by Crippen LogP contribution is 2.28. The maximum absolute atomic E-state index is 13.1. The molecule has 2 heterocycles. The maximum Gasteiger partial charge on any atom is 0.243 e. The van der Waals surface area contributed by atoms with Crippen molar-refractivity contribution in [1.82, 2.24) is 9.62 Å². The number of amides is 1. The van der Waals surface area contributed by atoms with Crippen molar-refractivity contribution >= 4 is 15.9 Å². The van der Waals surface area contributed by atoms with E-state index in [1.54, 1.807) is 24.3 Å². The summed E-state index contributed by atoms with van der Waals surface area (Å²) < 4.78 is 32.6. The number of carbonyl (C=O) groups is 1. The van der Waals surface area contributed by atoms with Gasteiger partial charge in [-0.25, -0.2) is 8.42 Å². The SMILES string of the molecule is CC[C@H](C)c1ccc(S(=O)(=O)N2CCC[C@@H]2C(=O)NCc2ccco2)cc1. The number of hydrogen-bond donors (Lipinski definition) is 1. The van der Waals surface area contributed by atoms with Gasteiger partial charge in [-0.3, -0.25) is 4.79 Å². The molecule has 1 saturated heterocycles. The first-order valence-corrected chi connectivity index (χ1v) is 10.8. The Hall–Kier alpha value is -2.12. The molecule has 2 atom stereocenters.